The number of aromatic amines is 1. The number of H-pyrrole nitrogens is 1. The molecule has 0 aliphatic carbocycles. The number of nitrogens with zero attached hydrogens (tertiary/aromatic N) is 5. The van der Waals surface area contributed by atoms with Gasteiger partial charge in [0.25, 0.3) is 0 Å². The fraction of sp³-hybridized carbons (Fsp3) is 0.321. The monoisotopic (exact) mass is 547 g/mol. The Balaban J connectivity index is 1.37. The number of nitrogens with one attached hydrogen (secondary N) is 2. The largest absolute Gasteiger partial charge is 0.462 e. The molecule has 3 aromatic heterocycles. The molecule has 1 saturated heterocycles. The Labute approximate surface area is 230 Å². The molecule has 1 fully saturated rings. The standard InChI is InChI=1S/C28H30FN7O4/c1-28(26(37)32-20-5-4-11-30-15-20)16-39-25(40-17-28)24-34-22(18-6-8-19(29)9-7-18)23(35-24)21-10-12-31-27(33-21)38-14-13-36(2)3/h4-12,15,25H,13-14,16-17H2,1-3H3,(H,32,37)(H,34,35). The van der Waals surface area contributed by atoms with Crippen molar-refractivity contribution in [1.29, 1.82) is 0 Å². The maximum Gasteiger partial charge on any atom is 0.316 e. The molecule has 1 aliphatic heterocycles. The van der Waals surface area contributed by atoms with Gasteiger partial charge >= 0.3 is 6.01 Å². The molecule has 5 rings (SSSR count). The molecule has 1 aliphatic rings. The third-order valence-corrected chi connectivity index (χ3v) is 6.30. The van der Waals surface area contributed by atoms with Crippen LogP contribution in [0.1, 0.15) is 19.0 Å². The van der Waals surface area contributed by atoms with Gasteiger partial charge in [-0.05, 0) is 63.5 Å². The van der Waals surface area contributed by atoms with Gasteiger partial charge in [-0.15, -0.1) is 0 Å². The molecule has 0 saturated carbocycles. The van der Waals surface area contributed by atoms with Crippen LogP contribution in [-0.4, -0.2) is 76.2 Å². The third kappa shape index (κ3) is 6.30. The normalized spacial score (nSPS) is 19.0. The molecule has 0 bridgehead atoms. The summed E-state index contributed by atoms with van der Waals surface area (Å²) >= 11 is 0. The van der Waals surface area contributed by atoms with Crippen LogP contribution in [0.4, 0.5) is 10.1 Å². The minimum absolute atomic E-state index is 0.100. The van der Waals surface area contributed by atoms with E-state index in [1.165, 1.54) is 12.1 Å². The fourth-order valence-electron chi connectivity index (χ4n) is 3.99. The van der Waals surface area contributed by atoms with Gasteiger partial charge in [0.2, 0.25) is 12.2 Å². The highest BCUT2D eigenvalue weighted by molar-refractivity contribution is 5.95. The minimum Gasteiger partial charge on any atom is -0.462 e. The number of likely N-dealkylation sites (N-methyl/N-ethyl adjacent to an activating group) is 1. The number of pyridine rings is 1. The lowest BCUT2D eigenvalue weighted by Crippen LogP contribution is -2.45. The molecule has 2 N–H and O–H groups in total. The molecule has 1 amide bonds. The SMILES string of the molecule is CN(C)CCOc1nccc(-c2[nH]c(C3OCC(C)(C(=O)Nc4cccnc4)CO3)nc2-c2ccc(F)cc2)n1. The Bertz CT molecular complexity index is 1440. The first-order valence-corrected chi connectivity index (χ1v) is 12.7. The van der Waals surface area contributed by atoms with Gasteiger partial charge in [-0.3, -0.25) is 9.78 Å². The highest BCUT2D eigenvalue weighted by Crippen LogP contribution is 2.36. The van der Waals surface area contributed by atoms with E-state index < -0.39 is 11.7 Å². The molecule has 40 heavy (non-hydrogen) atoms. The molecule has 0 atom stereocenters. The number of carbonyl (C=O) groups is 1. The summed E-state index contributed by atoms with van der Waals surface area (Å²) in [7, 11) is 3.90. The van der Waals surface area contributed by atoms with Crippen LogP contribution < -0.4 is 10.1 Å². The van der Waals surface area contributed by atoms with E-state index in [0.29, 0.717) is 47.3 Å². The Kier molecular flexibility index (Phi) is 8.10. The summed E-state index contributed by atoms with van der Waals surface area (Å²) in [6.45, 7) is 3.10. The molecule has 208 valence electrons. The van der Waals surface area contributed by atoms with Crippen LogP contribution in [0, 0.1) is 11.2 Å². The number of hydrogen-bond donors (Lipinski definition) is 2. The molecule has 0 radical (unpaired) electrons. The molecule has 11 nitrogen and oxygen atoms in total. The second-order valence-corrected chi connectivity index (χ2v) is 9.94. The van der Waals surface area contributed by atoms with E-state index >= 15 is 0 Å². The van der Waals surface area contributed by atoms with Crippen molar-refractivity contribution in [2.24, 2.45) is 5.41 Å². The lowest BCUT2D eigenvalue weighted by molar-refractivity contribution is -0.229. The Hall–Kier alpha value is -4.26. The summed E-state index contributed by atoms with van der Waals surface area (Å²) in [5, 5.41) is 2.85. The Morgan fingerprint density at radius 2 is 1.93 bits per heavy atom. The highest BCUT2D eigenvalue weighted by Gasteiger charge is 2.41. The smallest absolute Gasteiger partial charge is 0.316 e. The van der Waals surface area contributed by atoms with Crippen molar-refractivity contribution in [3.05, 3.63) is 72.7 Å². The zero-order valence-corrected chi connectivity index (χ0v) is 22.4. The van der Waals surface area contributed by atoms with Crippen LogP contribution in [0.2, 0.25) is 0 Å². The fourth-order valence-corrected chi connectivity index (χ4v) is 3.99. The topological polar surface area (TPSA) is 127 Å². The first kappa shape index (κ1) is 27.3. The van der Waals surface area contributed by atoms with Crippen LogP contribution in [0.5, 0.6) is 6.01 Å². The third-order valence-electron chi connectivity index (χ3n) is 6.30. The summed E-state index contributed by atoms with van der Waals surface area (Å²) in [4.78, 5) is 35.7. The molecule has 0 spiro atoms. The lowest BCUT2D eigenvalue weighted by atomic mass is 9.91. The van der Waals surface area contributed by atoms with Gasteiger partial charge in [0.15, 0.2) is 5.82 Å². The van der Waals surface area contributed by atoms with Crippen molar-refractivity contribution in [2.45, 2.75) is 13.2 Å². The van der Waals surface area contributed by atoms with E-state index in [4.69, 9.17) is 19.2 Å². The number of rotatable bonds is 9. The first-order valence-electron chi connectivity index (χ1n) is 12.7. The van der Waals surface area contributed by atoms with Gasteiger partial charge in [-0.1, -0.05) is 0 Å². The van der Waals surface area contributed by atoms with E-state index in [2.05, 4.69) is 25.3 Å². The van der Waals surface area contributed by atoms with Crippen molar-refractivity contribution in [3.63, 3.8) is 0 Å². The van der Waals surface area contributed by atoms with E-state index in [1.54, 1.807) is 55.8 Å². The average molecular weight is 548 g/mol. The Morgan fingerprint density at radius 1 is 1.15 bits per heavy atom. The van der Waals surface area contributed by atoms with Crippen LogP contribution in [-0.2, 0) is 14.3 Å². The maximum absolute atomic E-state index is 13.7. The number of ether oxygens (including phenoxy) is 3. The summed E-state index contributed by atoms with van der Waals surface area (Å²) < 4.78 is 31.4. The zero-order chi connectivity index (χ0) is 28.1. The molecule has 12 heteroatoms. The highest BCUT2D eigenvalue weighted by atomic mass is 19.1. The summed E-state index contributed by atoms with van der Waals surface area (Å²) in [5.74, 6) is -0.214. The first-order chi connectivity index (χ1) is 19.3. The van der Waals surface area contributed by atoms with E-state index in [9.17, 15) is 9.18 Å². The van der Waals surface area contributed by atoms with Crippen LogP contribution in [0.25, 0.3) is 22.6 Å². The summed E-state index contributed by atoms with van der Waals surface area (Å²) in [6.07, 6.45) is 3.95. The van der Waals surface area contributed by atoms with Gasteiger partial charge < -0.3 is 29.4 Å². The number of anilines is 1. The van der Waals surface area contributed by atoms with Crippen molar-refractivity contribution < 1.29 is 23.4 Å². The lowest BCUT2D eigenvalue weighted by Gasteiger charge is -2.35. The number of hydrogen-bond acceptors (Lipinski definition) is 9. The predicted molar refractivity (Wildman–Crippen MR) is 145 cm³/mol. The van der Waals surface area contributed by atoms with Gasteiger partial charge in [0.1, 0.15) is 12.4 Å². The Morgan fingerprint density at radius 3 is 2.62 bits per heavy atom. The van der Waals surface area contributed by atoms with Crippen LogP contribution >= 0.6 is 0 Å². The quantitative estimate of drug-likeness (QED) is 0.322. The number of aromatic nitrogens is 5. The minimum atomic E-state index is -0.924. The van der Waals surface area contributed by atoms with Crippen molar-refractivity contribution >= 4 is 11.6 Å². The number of amides is 1. The second kappa shape index (κ2) is 11.9. The molecular formula is C28H30FN7O4. The number of imidazole rings is 1. The number of halogens is 1. The van der Waals surface area contributed by atoms with Gasteiger partial charge in [0.05, 0.1) is 47.6 Å². The second-order valence-electron chi connectivity index (χ2n) is 9.94. The summed E-state index contributed by atoms with van der Waals surface area (Å²) in [5.41, 5.74) is 1.96. The molecule has 1 aromatic carbocycles. The molecule has 4 heterocycles. The molecular weight excluding hydrogens is 517 g/mol. The van der Waals surface area contributed by atoms with E-state index in [-0.39, 0.29) is 30.9 Å². The number of carbonyl (C=O) groups excluding carboxylic acids is 1. The van der Waals surface area contributed by atoms with E-state index in [0.717, 1.165) is 0 Å². The van der Waals surface area contributed by atoms with Crippen molar-refractivity contribution in [3.8, 4) is 28.7 Å². The predicted octanol–water partition coefficient (Wildman–Crippen LogP) is 3.70. The average Bonchev–Trinajstić information content (AvgIpc) is 3.40. The summed E-state index contributed by atoms with van der Waals surface area (Å²) in [6, 6.07) is 11.5. The van der Waals surface area contributed by atoms with Gasteiger partial charge in [-0.2, -0.15) is 4.98 Å². The van der Waals surface area contributed by atoms with E-state index in [1.807, 2.05) is 19.0 Å². The van der Waals surface area contributed by atoms with Crippen LogP contribution in [0.3, 0.4) is 0 Å². The van der Waals surface area contributed by atoms with Crippen molar-refractivity contribution in [1.82, 2.24) is 29.8 Å². The molecule has 0 unspecified atom stereocenters. The number of benzene rings is 1. The van der Waals surface area contributed by atoms with Gasteiger partial charge in [0, 0.05) is 24.5 Å². The molecule has 4 aromatic rings. The van der Waals surface area contributed by atoms with Gasteiger partial charge in [-0.25, -0.2) is 14.4 Å². The van der Waals surface area contributed by atoms with Crippen LogP contribution in [0.15, 0.2) is 61.1 Å². The zero-order valence-electron chi connectivity index (χ0n) is 22.4. The maximum atomic E-state index is 13.7. The van der Waals surface area contributed by atoms with Crippen molar-refractivity contribution in [2.75, 3.05) is 45.8 Å².